The molecule has 2 rings (SSSR count). The fourth-order valence-corrected chi connectivity index (χ4v) is 2.14. The normalized spacial score (nSPS) is 11.2. The molecule has 84 valence electrons. The number of aromatic hydroxyl groups is 1. The van der Waals surface area contributed by atoms with Crippen LogP contribution >= 0.6 is 0 Å². The van der Waals surface area contributed by atoms with Gasteiger partial charge in [-0.1, -0.05) is 18.2 Å². The summed E-state index contributed by atoms with van der Waals surface area (Å²) < 4.78 is 25.7. The molecule has 0 amide bonds. The molecule has 16 heavy (non-hydrogen) atoms. The number of imidazole rings is 1. The predicted molar refractivity (Wildman–Crippen MR) is 57.5 cm³/mol. The number of aromatic nitrogens is 2. The number of aromatic amines is 1. The molecule has 0 fully saturated rings. The number of nitrogens with one attached hydrogen (secondary N) is 2. The standard InChI is InChI=1S/C9H9N3O3S/c13-8-6-10-9(11-8)12-16(14,15)7-4-2-1-3-5-7/h1-6,13H,(H2,10,11,12). The van der Waals surface area contributed by atoms with E-state index in [1.807, 2.05) is 0 Å². The summed E-state index contributed by atoms with van der Waals surface area (Å²) in [5.74, 6) is -0.230. The third-order valence-corrected chi connectivity index (χ3v) is 3.20. The number of H-pyrrole nitrogens is 1. The summed E-state index contributed by atoms with van der Waals surface area (Å²) in [6.07, 6.45) is 1.11. The van der Waals surface area contributed by atoms with Crippen molar-refractivity contribution < 1.29 is 13.5 Å². The van der Waals surface area contributed by atoms with Crippen molar-refractivity contribution in [2.75, 3.05) is 4.72 Å². The van der Waals surface area contributed by atoms with Crippen LogP contribution in [0.4, 0.5) is 5.95 Å². The summed E-state index contributed by atoms with van der Waals surface area (Å²) >= 11 is 0. The van der Waals surface area contributed by atoms with Gasteiger partial charge in [-0.15, -0.1) is 0 Å². The minimum Gasteiger partial charge on any atom is -0.493 e. The number of rotatable bonds is 3. The van der Waals surface area contributed by atoms with Crippen molar-refractivity contribution >= 4 is 16.0 Å². The number of hydrogen-bond acceptors (Lipinski definition) is 4. The van der Waals surface area contributed by atoms with Gasteiger partial charge in [0.2, 0.25) is 11.8 Å². The van der Waals surface area contributed by atoms with Crippen LogP contribution in [0.3, 0.4) is 0 Å². The first-order chi connectivity index (χ1) is 7.58. The number of nitrogens with zero attached hydrogens (tertiary/aromatic N) is 1. The van der Waals surface area contributed by atoms with E-state index in [4.69, 9.17) is 5.11 Å². The highest BCUT2D eigenvalue weighted by Gasteiger charge is 2.14. The molecule has 1 aromatic carbocycles. The summed E-state index contributed by atoms with van der Waals surface area (Å²) in [4.78, 5) is 6.12. The van der Waals surface area contributed by atoms with Gasteiger partial charge in [0.15, 0.2) is 0 Å². The fourth-order valence-electron chi connectivity index (χ4n) is 1.15. The SMILES string of the molecule is O=S(=O)(Nc1ncc(O)[nH]1)c1ccccc1. The summed E-state index contributed by atoms with van der Waals surface area (Å²) in [7, 11) is -3.65. The zero-order valence-electron chi connectivity index (χ0n) is 8.08. The molecule has 0 saturated heterocycles. The monoisotopic (exact) mass is 239 g/mol. The Labute approximate surface area is 92.0 Å². The molecule has 0 radical (unpaired) electrons. The largest absolute Gasteiger partial charge is 0.493 e. The van der Waals surface area contributed by atoms with E-state index in [9.17, 15) is 8.42 Å². The van der Waals surface area contributed by atoms with Crippen LogP contribution in [0.2, 0.25) is 0 Å². The maximum absolute atomic E-state index is 11.8. The minimum atomic E-state index is -3.65. The van der Waals surface area contributed by atoms with Gasteiger partial charge in [0.1, 0.15) is 0 Å². The van der Waals surface area contributed by atoms with E-state index < -0.39 is 10.0 Å². The summed E-state index contributed by atoms with van der Waals surface area (Å²) in [6, 6.07) is 7.89. The van der Waals surface area contributed by atoms with Crippen molar-refractivity contribution in [3.8, 4) is 5.88 Å². The van der Waals surface area contributed by atoms with Gasteiger partial charge in [0.05, 0.1) is 11.1 Å². The Morgan fingerprint density at radius 3 is 2.50 bits per heavy atom. The second kappa shape index (κ2) is 3.86. The van der Waals surface area contributed by atoms with Gasteiger partial charge in [0, 0.05) is 0 Å². The average Bonchev–Trinajstić information content (AvgIpc) is 2.64. The van der Waals surface area contributed by atoms with Gasteiger partial charge in [-0.2, -0.15) is 0 Å². The van der Waals surface area contributed by atoms with E-state index >= 15 is 0 Å². The molecule has 2 aromatic rings. The van der Waals surface area contributed by atoms with E-state index in [-0.39, 0.29) is 16.7 Å². The molecular weight excluding hydrogens is 230 g/mol. The summed E-state index contributed by atoms with van der Waals surface area (Å²) in [5.41, 5.74) is 0. The highest BCUT2D eigenvalue weighted by atomic mass is 32.2. The van der Waals surface area contributed by atoms with Gasteiger partial charge < -0.3 is 5.11 Å². The molecular formula is C9H9N3O3S. The first-order valence-corrected chi connectivity index (χ1v) is 5.88. The Hall–Kier alpha value is -2.02. The molecule has 0 aliphatic heterocycles. The molecule has 3 N–H and O–H groups in total. The third-order valence-electron chi connectivity index (χ3n) is 1.85. The van der Waals surface area contributed by atoms with Crippen LogP contribution in [0.15, 0.2) is 41.4 Å². The number of sulfonamides is 1. The van der Waals surface area contributed by atoms with Crippen LogP contribution in [-0.2, 0) is 10.0 Å². The minimum absolute atomic E-state index is 0.0265. The van der Waals surface area contributed by atoms with E-state index in [1.54, 1.807) is 18.2 Å². The van der Waals surface area contributed by atoms with Crippen molar-refractivity contribution in [2.45, 2.75) is 4.90 Å². The maximum Gasteiger partial charge on any atom is 0.264 e. The second-order valence-corrected chi connectivity index (χ2v) is 4.72. The molecule has 0 saturated carbocycles. The van der Waals surface area contributed by atoms with E-state index in [1.165, 1.54) is 12.1 Å². The zero-order valence-corrected chi connectivity index (χ0v) is 8.90. The van der Waals surface area contributed by atoms with E-state index in [2.05, 4.69) is 14.7 Å². The fraction of sp³-hybridized carbons (Fsp3) is 0. The molecule has 6 nitrogen and oxygen atoms in total. The molecule has 0 bridgehead atoms. The smallest absolute Gasteiger partial charge is 0.264 e. The molecule has 0 spiro atoms. The Kier molecular flexibility index (Phi) is 2.53. The lowest BCUT2D eigenvalue weighted by atomic mass is 10.4. The van der Waals surface area contributed by atoms with Crippen LogP contribution in [0, 0.1) is 0 Å². The first-order valence-electron chi connectivity index (χ1n) is 4.40. The van der Waals surface area contributed by atoms with Gasteiger partial charge in [-0.05, 0) is 12.1 Å². The Morgan fingerprint density at radius 1 is 1.25 bits per heavy atom. The average molecular weight is 239 g/mol. The summed E-state index contributed by atoms with van der Waals surface area (Å²) in [5, 5.41) is 8.97. The lowest BCUT2D eigenvalue weighted by Crippen LogP contribution is -2.13. The Balaban J connectivity index is 2.28. The molecule has 0 atom stereocenters. The molecule has 0 aliphatic carbocycles. The highest BCUT2D eigenvalue weighted by molar-refractivity contribution is 7.92. The Morgan fingerprint density at radius 2 is 1.94 bits per heavy atom. The molecule has 0 aliphatic rings. The van der Waals surface area contributed by atoms with Crippen molar-refractivity contribution in [3.63, 3.8) is 0 Å². The second-order valence-electron chi connectivity index (χ2n) is 3.04. The van der Waals surface area contributed by atoms with Gasteiger partial charge in [-0.25, -0.2) is 18.1 Å². The van der Waals surface area contributed by atoms with Gasteiger partial charge >= 0.3 is 0 Å². The van der Waals surface area contributed by atoms with Crippen molar-refractivity contribution in [1.82, 2.24) is 9.97 Å². The topological polar surface area (TPSA) is 95.1 Å². The van der Waals surface area contributed by atoms with Crippen LogP contribution < -0.4 is 4.72 Å². The summed E-state index contributed by atoms with van der Waals surface area (Å²) in [6.45, 7) is 0. The molecule has 0 unspecified atom stereocenters. The number of benzene rings is 1. The van der Waals surface area contributed by atoms with E-state index in [0.717, 1.165) is 6.20 Å². The van der Waals surface area contributed by atoms with Crippen molar-refractivity contribution in [2.24, 2.45) is 0 Å². The number of hydrogen-bond donors (Lipinski definition) is 3. The number of anilines is 1. The molecule has 7 heteroatoms. The molecule has 1 aromatic heterocycles. The van der Waals surface area contributed by atoms with Crippen LogP contribution in [0.1, 0.15) is 0 Å². The van der Waals surface area contributed by atoms with Gasteiger partial charge in [-0.3, -0.25) is 4.98 Å². The van der Waals surface area contributed by atoms with E-state index in [0.29, 0.717) is 0 Å². The lowest BCUT2D eigenvalue weighted by molar-refractivity contribution is 0.457. The van der Waals surface area contributed by atoms with Crippen LogP contribution in [-0.4, -0.2) is 23.5 Å². The zero-order chi connectivity index (χ0) is 11.6. The first kappa shape index (κ1) is 10.5. The highest BCUT2D eigenvalue weighted by Crippen LogP contribution is 2.14. The Bertz CT molecular complexity index is 577. The predicted octanol–water partition coefficient (Wildman–Crippen LogP) is 0.916. The van der Waals surface area contributed by atoms with Crippen LogP contribution in [0.5, 0.6) is 5.88 Å². The maximum atomic E-state index is 11.8. The third kappa shape index (κ3) is 2.14. The molecule has 1 heterocycles. The van der Waals surface area contributed by atoms with Gasteiger partial charge in [0.25, 0.3) is 10.0 Å². The lowest BCUT2D eigenvalue weighted by Gasteiger charge is -2.04. The van der Waals surface area contributed by atoms with Crippen molar-refractivity contribution in [3.05, 3.63) is 36.5 Å². The van der Waals surface area contributed by atoms with Crippen molar-refractivity contribution in [1.29, 1.82) is 0 Å². The van der Waals surface area contributed by atoms with Crippen LogP contribution in [0.25, 0.3) is 0 Å². The quantitative estimate of drug-likeness (QED) is 0.742.